The van der Waals surface area contributed by atoms with Crippen molar-refractivity contribution in [3.63, 3.8) is 0 Å². The Labute approximate surface area is 65.1 Å². The van der Waals surface area contributed by atoms with Gasteiger partial charge in [0.2, 0.25) is 0 Å². The average molecular weight is 153 g/mol. The standard InChI is InChI=1S/C7H11N3O/c1-7(2,6-9-11)10-5-3-4-8-10/h3-6,11H,1-2H3/b9-6+. The van der Waals surface area contributed by atoms with Crippen LogP contribution in [0.4, 0.5) is 0 Å². The Kier molecular flexibility index (Phi) is 1.94. The largest absolute Gasteiger partial charge is 0.411 e. The lowest BCUT2D eigenvalue weighted by atomic mass is 10.1. The van der Waals surface area contributed by atoms with E-state index in [2.05, 4.69) is 10.3 Å². The zero-order chi connectivity index (χ0) is 8.32. The molecule has 0 aromatic carbocycles. The molecule has 1 aromatic rings. The smallest absolute Gasteiger partial charge is 0.0953 e. The van der Waals surface area contributed by atoms with Crippen LogP contribution < -0.4 is 0 Å². The van der Waals surface area contributed by atoms with Crippen molar-refractivity contribution in [3.8, 4) is 0 Å². The summed E-state index contributed by atoms with van der Waals surface area (Å²) in [5, 5.41) is 15.3. The molecule has 0 fully saturated rings. The maximum absolute atomic E-state index is 8.33. The molecule has 0 atom stereocenters. The van der Waals surface area contributed by atoms with E-state index >= 15 is 0 Å². The third-order valence-electron chi connectivity index (χ3n) is 1.47. The van der Waals surface area contributed by atoms with E-state index < -0.39 is 0 Å². The second-order valence-corrected chi connectivity index (χ2v) is 2.85. The minimum absolute atomic E-state index is 0.363. The fraction of sp³-hybridized carbons (Fsp3) is 0.429. The highest BCUT2D eigenvalue weighted by atomic mass is 16.4. The van der Waals surface area contributed by atoms with E-state index in [0.29, 0.717) is 0 Å². The summed E-state index contributed by atoms with van der Waals surface area (Å²) in [6, 6.07) is 1.83. The van der Waals surface area contributed by atoms with Crippen LogP contribution in [0.3, 0.4) is 0 Å². The van der Waals surface area contributed by atoms with Crippen LogP contribution in [-0.4, -0.2) is 21.2 Å². The predicted octanol–water partition coefficient (Wildman–Crippen LogP) is 1.08. The van der Waals surface area contributed by atoms with Gasteiger partial charge in [-0.15, -0.1) is 0 Å². The molecule has 0 saturated heterocycles. The molecule has 0 saturated carbocycles. The fourth-order valence-corrected chi connectivity index (χ4v) is 0.810. The minimum atomic E-state index is -0.363. The highest BCUT2D eigenvalue weighted by Gasteiger charge is 2.16. The Bertz CT molecular complexity index is 238. The van der Waals surface area contributed by atoms with Crippen LogP contribution in [-0.2, 0) is 5.54 Å². The number of nitrogens with zero attached hydrogens (tertiary/aromatic N) is 3. The van der Waals surface area contributed by atoms with Crippen LogP contribution >= 0.6 is 0 Å². The molecule has 1 N–H and O–H groups in total. The summed E-state index contributed by atoms with van der Waals surface area (Å²) in [5.74, 6) is 0. The maximum Gasteiger partial charge on any atom is 0.0953 e. The first-order valence-electron chi connectivity index (χ1n) is 3.35. The van der Waals surface area contributed by atoms with Crippen molar-refractivity contribution >= 4 is 6.21 Å². The summed E-state index contributed by atoms with van der Waals surface area (Å²) in [7, 11) is 0. The summed E-state index contributed by atoms with van der Waals surface area (Å²) in [6.45, 7) is 3.80. The summed E-state index contributed by atoms with van der Waals surface area (Å²) in [6.07, 6.45) is 4.94. The summed E-state index contributed by atoms with van der Waals surface area (Å²) in [4.78, 5) is 0. The number of oxime groups is 1. The second kappa shape index (κ2) is 2.74. The topological polar surface area (TPSA) is 50.4 Å². The molecule has 4 heteroatoms. The van der Waals surface area contributed by atoms with E-state index in [1.165, 1.54) is 6.21 Å². The van der Waals surface area contributed by atoms with Gasteiger partial charge in [-0.1, -0.05) is 5.16 Å². The van der Waals surface area contributed by atoms with Crippen molar-refractivity contribution in [2.45, 2.75) is 19.4 Å². The zero-order valence-electron chi connectivity index (χ0n) is 6.60. The van der Waals surface area contributed by atoms with E-state index in [0.717, 1.165) is 0 Å². The second-order valence-electron chi connectivity index (χ2n) is 2.85. The van der Waals surface area contributed by atoms with Gasteiger partial charge in [-0.3, -0.25) is 4.68 Å². The van der Waals surface area contributed by atoms with Gasteiger partial charge >= 0.3 is 0 Å². The van der Waals surface area contributed by atoms with Crippen molar-refractivity contribution < 1.29 is 5.21 Å². The molecule has 11 heavy (non-hydrogen) atoms. The molecule has 60 valence electrons. The minimum Gasteiger partial charge on any atom is -0.411 e. The van der Waals surface area contributed by atoms with Crippen LogP contribution in [0.2, 0.25) is 0 Å². The van der Waals surface area contributed by atoms with Crippen LogP contribution in [0.15, 0.2) is 23.6 Å². The molecule has 0 bridgehead atoms. The number of hydrogen-bond acceptors (Lipinski definition) is 3. The number of hydrogen-bond donors (Lipinski definition) is 1. The normalized spacial score (nSPS) is 12.5. The van der Waals surface area contributed by atoms with Gasteiger partial charge in [0.05, 0.1) is 11.8 Å². The molecule has 0 radical (unpaired) electrons. The lowest BCUT2D eigenvalue weighted by Crippen LogP contribution is -2.28. The van der Waals surface area contributed by atoms with Crippen molar-refractivity contribution in [2.75, 3.05) is 0 Å². The molecule has 0 aliphatic rings. The van der Waals surface area contributed by atoms with E-state index in [1.54, 1.807) is 10.9 Å². The van der Waals surface area contributed by atoms with Gasteiger partial charge in [0, 0.05) is 12.4 Å². The van der Waals surface area contributed by atoms with Gasteiger partial charge in [0.1, 0.15) is 0 Å². The Hall–Kier alpha value is -1.32. The molecular weight excluding hydrogens is 142 g/mol. The van der Waals surface area contributed by atoms with E-state index in [1.807, 2.05) is 26.1 Å². The molecule has 0 aliphatic heterocycles. The van der Waals surface area contributed by atoms with Crippen LogP contribution in [0.1, 0.15) is 13.8 Å². The maximum atomic E-state index is 8.33. The van der Waals surface area contributed by atoms with Crippen molar-refractivity contribution in [1.29, 1.82) is 0 Å². The predicted molar refractivity (Wildman–Crippen MR) is 41.8 cm³/mol. The Morgan fingerprint density at radius 2 is 2.36 bits per heavy atom. The van der Waals surface area contributed by atoms with Crippen molar-refractivity contribution in [3.05, 3.63) is 18.5 Å². The van der Waals surface area contributed by atoms with Gasteiger partial charge in [0.25, 0.3) is 0 Å². The van der Waals surface area contributed by atoms with Crippen LogP contribution in [0, 0.1) is 0 Å². The first-order chi connectivity index (χ1) is 5.17. The lowest BCUT2D eigenvalue weighted by molar-refractivity contribution is 0.311. The SMILES string of the molecule is CC(C)(/C=N/O)n1cccn1. The molecule has 1 aromatic heterocycles. The monoisotopic (exact) mass is 153 g/mol. The Morgan fingerprint density at radius 1 is 1.64 bits per heavy atom. The first kappa shape index (κ1) is 7.78. The van der Waals surface area contributed by atoms with E-state index in [9.17, 15) is 0 Å². The molecule has 0 aliphatic carbocycles. The van der Waals surface area contributed by atoms with Gasteiger partial charge < -0.3 is 5.21 Å². The van der Waals surface area contributed by atoms with Gasteiger partial charge in [-0.25, -0.2) is 0 Å². The Balaban J connectivity index is 2.90. The van der Waals surface area contributed by atoms with Crippen molar-refractivity contribution in [1.82, 2.24) is 9.78 Å². The fourth-order valence-electron chi connectivity index (χ4n) is 0.810. The molecule has 4 nitrogen and oxygen atoms in total. The quantitative estimate of drug-likeness (QED) is 0.392. The third kappa shape index (κ3) is 1.58. The van der Waals surface area contributed by atoms with Gasteiger partial charge in [-0.05, 0) is 19.9 Å². The molecule has 0 amide bonds. The molecule has 0 spiro atoms. The number of aromatic nitrogens is 2. The highest BCUT2D eigenvalue weighted by molar-refractivity contribution is 5.65. The van der Waals surface area contributed by atoms with Crippen molar-refractivity contribution in [2.24, 2.45) is 5.16 Å². The van der Waals surface area contributed by atoms with E-state index in [4.69, 9.17) is 5.21 Å². The molecular formula is C7H11N3O. The highest BCUT2D eigenvalue weighted by Crippen LogP contribution is 2.09. The Morgan fingerprint density at radius 3 is 2.82 bits per heavy atom. The number of rotatable bonds is 2. The first-order valence-corrected chi connectivity index (χ1v) is 3.35. The molecule has 1 rings (SSSR count). The van der Waals surface area contributed by atoms with Crippen LogP contribution in [0.25, 0.3) is 0 Å². The van der Waals surface area contributed by atoms with E-state index in [-0.39, 0.29) is 5.54 Å². The zero-order valence-corrected chi connectivity index (χ0v) is 6.60. The lowest BCUT2D eigenvalue weighted by Gasteiger charge is -2.18. The molecule has 1 heterocycles. The summed E-state index contributed by atoms with van der Waals surface area (Å²) >= 11 is 0. The molecule has 0 unspecified atom stereocenters. The summed E-state index contributed by atoms with van der Waals surface area (Å²) < 4.78 is 1.72. The van der Waals surface area contributed by atoms with Crippen LogP contribution in [0.5, 0.6) is 0 Å². The summed E-state index contributed by atoms with van der Waals surface area (Å²) in [5.41, 5.74) is -0.363. The third-order valence-corrected chi connectivity index (χ3v) is 1.47. The average Bonchev–Trinajstić information content (AvgIpc) is 2.37. The van der Waals surface area contributed by atoms with Gasteiger partial charge in [0.15, 0.2) is 0 Å². The van der Waals surface area contributed by atoms with Gasteiger partial charge in [-0.2, -0.15) is 5.10 Å².